The van der Waals surface area contributed by atoms with E-state index in [1.807, 2.05) is 0 Å². The lowest BCUT2D eigenvalue weighted by atomic mass is 10.2. The molecule has 0 aliphatic carbocycles. The average Bonchev–Trinajstić information content (AvgIpc) is 2.38. The van der Waals surface area contributed by atoms with Crippen LogP contribution in [0.2, 0.25) is 0 Å². The second-order valence-corrected chi connectivity index (χ2v) is 4.28. The van der Waals surface area contributed by atoms with Gasteiger partial charge in [0.15, 0.2) is 0 Å². The molecule has 0 saturated carbocycles. The molecular formula is C14H22N2O3. The van der Waals surface area contributed by atoms with Crippen molar-refractivity contribution in [3.05, 3.63) is 24.3 Å². The zero-order valence-electron chi connectivity index (χ0n) is 11.3. The van der Waals surface area contributed by atoms with Crippen LogP contribution in [0.5, 0.6) is 5.75 Å². The van der Waals surface area contributed by atoms with Gasteiger partial charge in [-0.1, -0.05) is 0 Å². The number of carbonyl (C=O) groups excluding carboxylic acids is 1. The van der Waals surface area contributed by atoms with E-state index in [2.05, 4.69) is 0 Å². The molecule has 0 aliphatic heterocycles. The van der Waals surface area contributed by atoms with Gasteiger partial charge in [0.05, 0.1) is 6.61 Å². The highest BCUT2D eigenvalue weighted by molar-refractivity contribution is 5.69. The summed E-state index contributed by atoms with van der Waals surface area (Å²) < 4.78 is 10.4. The molecule has 5 nitrogen and oxygen atoms in total. The molecule has 0 amide bonds. The molecule has 0 bridgehead atoms. The first-order valence-corrected chi connectivity index (χ1v) is 6.55. The van der Waals surface area contributed by atoms with E-state index in [9.17, 15) is 4.79 Å². The summed E-state index contributed by atoms with van der Waals surface area (Å²) in [7, 11) is 0. The van der Waals surface area contributed by atoms with Crippen LogP contribution < -0.4 is 16.2 Å². The molecule has 0 heterocycles. The quantitative estimate of drug-likeness (QED) is 0.325. The minimum absolute atomic E-state index is 0.157. The first kappa shape index (κ1) is 15.3. The van der Waals surface area contributed by atoms with Gasteiger partial charge in [0.2, 0.25) is 0 Å². The highest BCUT2D eigenvalue weighted by atomic mass is 16.5. The molecule has 1 rings (SSSR count). The third-order valence-corrected chi connectivity index (χ3v) is 2.59. The molecule has 1 atom stereocenters. The number of hydrogen-bond donors (Lipinski definition) is 2. The van der Waals surface area contributed by atoms with Crippen LogP contribution in [0.15, 0.2) is 24.3 Å². The Balaban J connectivity index is 2.16. The molecule has 0 radical (unpaired) electrons. The van der Waals surface area contributed by atoms with Crippen LogP contribution in [-0.2, 0) is 9.53 Å². The number of rotatable bonds is 8. The summed E-state index contributed by atoms with van der Waals surface area (Å²) in [6.45, 7) is 2.23. The molecule has 1 aromatic carbocycles. The summed E-state index contributed by atoms with van der Waals surface area (Å²) in [6, 6.07) is 7.10. The first-order valence-electron chi connectivity index (χ1n) is 6.55. The zero-order chi connectivity index (χ0) is 14.1. The van der Waals surface area contributed by atoms with Crippen molar-refractivity contribution >= 4 is 11.7 Å². The lowest BCUT2D eigenvalue weighted by molar-refractivity contribution is -0.143. The molecule has 0 spiro atoms. The van der Waals surface area contributed by atoms with E-state index in [1.165, 1.54) is 0 Å². The summed E-state index contributed by atoms with van der Waals surface area (Å²) in [4.78, 5) is 11.1. The Morgan fingerprint density at radius 3 is 2.58 bits per heavy atom. The summed E-state index contributed by atoms with van der Waals surface area (Å²) in [5.41, 5.74) is 12.1. The zero-order valence-corrected chi connectivity index (χ0v) is 11.3. The Hall–Kier alpha value is -1.75. The van der Waals surface area contributed by atoms with E-state index in [-0.39, 0.29) is 12.2 Å². The molecule has 0 aliphatic rings. The fourth-order valence-electron chi connectivity index (χ4n) is 1.63. The van der Waals surface area contributed by atoms with Crippen molar-refractivity contribution in [3.63, 3.8) is 0 Å². The van der Waals surface area contributed by atoms with E-state index in [0.717, 1.165) is 12.8 Å². The monoisotopic (exact) mass is 266 g/mol. The molecule has 1 aromatic rings. The van der Waals surface area contributed by atoms with E-state index in [0.29, 0.717) is 30.9 Å². The van der Waals surface area contributed by atoms with Crippen molar-refractivity contribution in [2.45, 2.75) is 38.8 Å². The minimum Gasteiger partial charge on any atom is -0.476 e. The number of unbranched alkanes of at least 4 members (excludes halogenated alkanes) is 1. The highest BCUT2D eigenvalue weighted by Crippen LogP contribution is 2.15. The first-order chi connectivity index (χ1) is 9.11. The van der Waals surface area contributed by atoms with Crippen LogP contribution in [0.3, 0.4) is 0 Å². The van der Waals surface area contributed by atoms with Gasteiger partial charge >= 0.3 is 5.97 Å². The Labute approximate surface area is 113 Å². The molecule has 106 valence electrons. The van der Waals surface area contributed by atoms with Crippen LogP contribution in [0.25, 0.3) is 0 Å². The second-order valence-electron chi connectivity index (χ2n) is 4.28. The maximum Gasteiger partial charge on any atom is 0.305 e. The average molecular weight is 266 g/mol. The third kappa shape index (κ3) is 6.67. The van der Waals surface area contributed by atoms with Gasteiger partial charge in [0.1, 0.15) is 12.0 Å². The molecule has 0 fully saturated rings. The molecule has 19 heavy (non-hydrogen) atoms. The lowest BCUT2D eigenvalue weighted by Gasteiger charge is -2.14. The SMILES string of the molecule is CCOC(=O)CCCCC(N)Oc1ccc(N)cc1. The van der Waals surface area contributed by atoms with E-state index >= 15 is 0 Å². The summed E-state index contributed by atoms with van der Waals surface area (Å²) >= 11 is 0. The number of anilines is 1. The topological polar surface area (TPSA) is 87.6 Å². The smallest absolute Gasteiger partial charge is 0.305 e. The fraction of sp³-hybridized carbons (Fsp3) is 0.500. The number of nitrogen functional groups attached to an aromatic ring is 1. The maximum absolute atomic E-state index is 11.1. The molecule has 5 heteroatoms. The van der Waals surface area contributed by atoms with Crippen LogP contribution in [0.1, 0.15) is 32.6 Å². The van der Waals surface area contributed by atoms with Gasteiger partial charge in [-0.2, -0.15) is 0 Å². The van der Waals surface area contributed by atoms with Gasteiger partial charge in [-0.15, -0.1) is 0 Å². The molecule has 1 unspecified atom stereocenters. The number of carbonyl (C=O) groups is 1. The molecule has 4 N–H and O–H groups in total. The number of nitrogens with two attached hydrogens (primary N) is 2. The van der Waals surface area contributed by atoms with Crippen LogP contribution in [0.4, 0.5) is 5.69 Å². The van der Waals surface area contributed by atoms with E-state index in [4.69, 9.17) is 20.9 Å². The largest absolute Gasteiger partial charge is 0.476 e. The molecular weight excluding hydrogens is 244 g/mol. The molecule has 0 aromatic heterocycles. The minimum atomic E-state index is -0.370. The van der Waals surface area contributed by atoms with Crippen LogP contribution in [-0.4, -0.2) is 18.8 Å². The van der Waals surface area contributed by atoms with Crippen molar-refractivity contribution in [2.75, 3.05) is 12.3 Å². The summed E-state index contributed by atoms with van der Waals surface area (Å²) in [5, 5.41) is 0. The number of hydrogen-bond acceptors (Lipinski definition) is 5. The Morgan fingerprint density at radius 1 is 1.26 bits per heavy atom. The van der Waals surface area contributed by atoms with Crippen molar-refractivity contribution in [1.29, 1.82) is 0 Å². The van der Waals surface area contributed by atoms with Gasteiger partial charge < -0.3 is 15.2 Å². The van der Waals surface area contributed by atoms with Crippen LogP contribution in [0, 0.1) is 0 Å². The number of ether oxygens (including phenoxy) is 2. The maximum atomic E-state index is 11.1. The highest BCUT2D eigenvalue weighted by Gasteiger charge is 2.06. The standard InChI is InChI=1S/C14H22N2O3/c1-2-18-14(17)6-4-3-5-13(16)19-12-9-7-11(15)8-10-12/h7-10,13H,2-6,15-16H2,1H3. The number of benzene rings is 1. The van der Waals surface area contributed by atoms with Gasteiger partial charge in [-0.25, -0.2) is 0 Å². The summed E-state index contributed by atoms with van der Waals surface area (Å²) in [5.74, 6) is 0.544. The van der Waals surface area contributed by atoms with Crippen molar-refractivity contribution in [2.24, 2.45) is 5.73 Å². The van der Waals surface area contributed by atoms with Gasteiger partial charge in [0.25, 0.3) is 0 Å². The Morgan fingerprint density at radius 2 is 1.95 bits per heavy atom. The molecule has 0 saturated heterocycles. The fourth-order valence-corrected chi connectivity index (χ4v) is 1.63. The van der Waals surface area contributed by atoms with E-state index in [1.54, 1.807) is 31.2 Å². The normalized spacial score (nSPS) is 11.9. The predicted octanol–water partition coefficient (Wildman–Crippen LogP) is 2.06. The van der Waals surface area contributed by atoms with Crippen molar-refractivity contribution < 1.29 is 14.3 Å². The Bertz CT molecular complexity index is 379. The third-order valence-electron chi connectivity index (χ3n) is 2.59. The predicted molar refractivity (Wildman–Crippen MR) is 74.6 cm³/mol. The summed E-state index contributed by atoms with van der Waals surface area (Å²) in [6.07, 6.45) is 2.35. The van der Waals surface area contributed by atoms with Crippen molar-refractivity contribution in [1.82, 2.24) is 0 Å². The lowest BCUT2D eigenvalue weighted by Crippen LogP contribution is -2.26. The Kier molecular flexibility index (Phi) is 6.74. The van der Waals surface area contributed by atoms with Gasteiger partial charge in [-0.05, 0) is 50.5 Å². The second kappa shape index (κ2) is 8.37. The van der Waals surface area contributed by atoms with E-state index < -0.39 is 0 Å². The number of esters is 1. The van der Waals surface area contributed by atoms with Gasteiger partial charge in [-0.3, -0.25) is 10.5 Å². The van der Waals surface area contributed by atoms with Crippen molar-refractivity contribution in [3.8, 4) is 5.75 Å². The van der Waals surface area contributed by atoms with Gasteiger partial charge in [0, 0.05) is 12.1 Å². The van der Waals surface area contributed by atoms with Crippen LogP contribution >= 0.6 is 0 Å².